The smallest absolute Gasteiger partial charge is 0.413 e. The highest BCUT2D eigenvalue weighted by atomic mass is 31.3. The van der Waals surface area contributed by atoms with Gasteiger partial charge in [0.15, 0.2) is 0 Å². The van der Waals surface area contributed by atoms with E-state index in [0.717, 1.165) is 11.1 Å². The van der Waals surface area contributed by atoms with Gasteiger partial charge in [-0.05, 0) is 79.7 Å². The summed E-state index contributed by atoms with van der Waals surface area (Å²) in [5.41, 5.74) is 2.12. The molecule has 0 aromatic heterocycles. The van der Waals surface area contributed by atoms with Crippen molar-refractivity contribution in [1.82, 2.24) is 0 Å². The zero-order valence-corrected chi connectivity index (χ0v) is 29.3. The van der Waals surface area contributed by atoms with E-state index in [1.807, 2.05) is 104 Å². The second-order valence-corrected chi connectivity index (χ2v) is 17.3. The molecule has 1 heterocycles. The van der Waals surface area contributed by atoms with Crippen LogP contribution < -0.4 is 9.05 Å². The molecule has 236 valence electrons. The molecule has 3 rings (SSSR count). The average Bonchev–Trinajstić information content (AvgIpc) is 2.91. The Morgan fingerprint density at radius 1 is 0.405 bits per heavy atom. The Hall–Kier alpha value is -1.28. The third-order valence-electron chi connectivity index (χ3n) is 5.18. The molecule has 1 aliphatic heterocycles. The van der Waals surface area contributed by atoms with Crippen molar-refractivity contribution in [2.45, 2.75) is 55.4 Å². The maximum atomic E-state index is 6.65. The summed E-state index contributed by atoms with van der Waals surface area (Å²) in [5.74, 6) is 0.948. The van der Waals surface area contributed by atoms with E-state index in [1.165, 1.54) is 0 Å². The van der Waals surface area contributed by atoms with E-state index in [0.29, 0.717) is 11.5 Å². The SMILES string of the molecule is CCOP1(OCC)=NP(OCC)(OCC)=NP(Oc2ccc(C)cc2)(Oc2ccc(C)cc2)=NP(OCC)(OCC)=N1. The summed E-state index contributed by atoms with van der Waals surface area (Å²) in [4.78, 5) is 0. The Morgan fingerprint density at radius 3 is 0.905 bits per heavy atom. The van der Waals surface area contributed by atoms with E-state index in [-0.39, 0.29) is 39.6 Å². The van der Waals surface area contributed by atoms with Crippen LogP contribution in [-0.4, -0.2) is 39.6 Å². The molecule has 16 heteroatoms. The van der Waals surface area contributed by atoms with Crippen LogP contribution in [0.5, 0.6) is 11.5 Å². The maximum Gasteiger partial charge on any atom is 0.457 e. The lowest BCUT2D eigenvalue weighted by Gasteiger charge is -2.32. The van der Waals surface area contributed by atoms with Gasteiger partial charge in [0.25, 0.3) is 0 Å². The van der Waals surface area contributed by atoms with Crippen LogP contribution in [-0.2, 0) is 27.1 Å². The van der Waals surface area contributed by atoms with Crippen LogP contribution >= 0.6 is 30.6 Å². The first-order chi connectivity index (χ1) is 20.1. The largest absolute Gasteiger partial charge is 0.457 e. The van der Waals surface area contributed by atoms with Crippen molar-refractivity contribution in [2.24, 2.45) is 18.1 Å². The predicted molar refractivity (Wildman–Crippen MR) is 171 cm³/mol. The molecule has 0 N–H and O–H groups in total. The molecule has 0 atom stereocenters. The zero-order chi connectivity index (χ0) is 30.7. The first-order valence-corrected chi connectivity index (χ1v) is 20.2. The van der Waals surface area contributed by atoms with Crippen LogP contribution in [0, 0.1) is 13.8 Å². The van der Waals surface area contributed by atoms with Gasteiger partial charge >= 0.3 is 30.6 Å². The molecule has 2 aromatic carbocycles. The second kappa shape index (κ2) is 16.2. The van der Waals surface area contributed by atoms with Gasteiger partial charge in [-0.2, -0.15) is 0 Å². The van der Waals surface area contributed by atoms with Crippen LogP contribution in [0.1, 0.15) is 52.7 Å². The van der Waals surface area contributed by atoms with Crippen molar-refractivity contribution in [3.05, 3.63) is 59.7 Å². The molecule has 0 saturated heterocycles. The second-order valence-electron chi connectivity index (χ2n) is 8.64. The lowest BCUT2D eigenvalue weighted by molar-refractivity contribution is 0.242. The van der Waals surface area contributed by atoms with Crippen molar-refractivity contribution in [3.63, 3.8) is 0 Å². The molecule has 12 nitrogen and oxygen atoms in total. The fourth-order valence-corrected chi connectivity index (χ4v) is 16.2. The lowest BCUT2D eigenvalue weighted by atomic mass is 10.2. The molecule has 0 bridgehead atoms. The van der Waals surface area contributed by atoms with Gasteiger partial charge in [-0.15, -0.1) is 18.1 Å². The van der Waals surface area contributed by atoms with Gasteiger partial charge in [0.1, 0.15) is 11.5 Å². The summed E-state index contributed by atoms with van der Waals surface area (Å²) in [7, 11) is -14.5. The highest BCUT2D eigenvalue weighted by molar-refractivity contribution is 7.78. The maximum absolute atomic E-state index is 6.65. The number of benzene rings is 2. The number of hydrogen-bond acceptors (Lipinski definition) is 12. The van der Waals surface area contributed by atoms with Gasteiger partial charge in [0.05, 0.1) is 39.6 Å². The number of nitrogens with zero attached hydrogens (tertiary/aromatic N) is 4. The van der Waals surface area contributed by atoms with E-state index in [4.69, 9.17) is 54.3 Å². The van der Waals surface area contributed by atoms with E-state index < -0.39 is 30.6 Å². The Morgan fingerprint density at radius 2 is 0.643 bits per heavy atom. The van der Waals surface area contributed by atoms with Gasteiger partial charge < -0.3 is 36.2 Å². The normalized spacial score (nSPS) is 18.3. The molecular formula is C26H44N4O8P4. The van der Waals surface area contributed by atoms with E-state index in [2.05, 4.69) is 0 Å². The molecule has 0 spiro atoms. The first-order valence-electron chi connectivity index (χ1n) is 14.1. The molecule has 0 aliphatic carbocycles. The summed E-state index contributed by atoms with van der Waals surface area (Å²) < 4.78 is 70.9. The molecule has 42 heavy (non-hydrogen) atoms. The minimum atomic E-state index is -3.82. The molecule has 0 amide bonds. The van der Waals surface area contributed by atoms with Gasteiger partial charge in [0.2, 0.25) is 0 Å². The van der Waals surface area contributed by atoms with Crippen molar-refractivity contribution in [1.29, 1.82) is 0 Å². The Bertz CT molecular complexity index is 1290. The van der Waals surface area contributed by atoms with E-state index in [1.54, 1.807) is 0 Å². The molecule has 2 aromatic rings. The standard InChI is InChI=1S/C26H44N4O8P4/c1-9-31-39(32-10-2)27-40(33-11-3,34-12-4)29-42(37-25-19-15-23(7)16-20-25,38-26-21-17-24(8)18-22-26)30-41(28-39,35-13-5)36-14-6/h15-22H,9-14H2,1-8H3. The molecule has 1 aliphatic rings. The van der Waals surface area contributed by atoms with Crippen LogP contribution in [0.3, 0.4) is 0 Å². The Kier molecular flexibility index (Phi) is 13.5. The van der Waals surface area contributed by atoms with Crippen molar-refractivity contribution >= 4 is 30.6 Å². The minimum absolute atomic E-state index is 0.227. The number of rotatable bonds is 16. The van der Waals surface area contributed by atoms with Crippen LogP contribution in [0.25, 0.3) is 0 Å². The predicted octanol–water partition coefficient (Wildman–Crippen LogP) is 10.8. The molecule has 0 unspecified atom stereocenters. The van der Waals surface area contributed by atoms with Gasteiger partial charge in [-0.25, -0.2) is 0 Å². The van der Waals surface area contributed by atoms with Crippen LogP contribution in [0.4, 0.5) is 0 Å². The third kappa shape index (κ3) is 9.36. The minimum Gasteiger partial charge on any atom is -0.413 e. The fraction of sp³-hybridized carbons (Fsp3) is 0.538. The topological polar surface area (TPSA) is 123 Å². The highest BCUT2D eigenvalue weighted by Gasteiger charge is 2.44. The summed E-state index contributed by atoms with van der Waals surface area (Å²) in [6.07, 6.45) is 0. The molecule has 0 saturated carbocycles. The summed E-state index contributed by atoms with van der Waals surface area (Å²) in [6.45, 7) is 16.4. The molecule has 0 radical (unpaired) electrons. The van der Waals surface area contributed by atoms with Crippen molar-refractivity contribution < 1.29 is 36.2 Å². The number of hydrogen-bond donors (Lipinski definition) is 0. The van der Waals surface area contributed by atoms with Crippen LogP contribution in [0.15, 0.2) is 66.6 Å². The number of aryl methyl sites for hydroxylation is 2. The molecule has 0 fully saturated rings. The quantitative estimate of drug-likeness (QED) is 0.162. The van der Waals surface area contributed by atoms with Gasteiger partial charge in [-0.3, -0.25) is 0 Å². The van der Waals surface area contributed by atoms with Crippen molar-refractivity contribution in [3.8, 4) is 11.5 Å². The fourth-order valence-electron chi connectivity index (χ4n) is 3.64. The monoisotopic (exact) mass is 664 g/mol. The summed E-state index contributed by atoms with van der Waals surface area (Å²) >= 11 is 0. The lowest BCUT2D eigenvalue weighted by Crippen LogP contribution is -2.06. The average molecular weight is 665 g/mol. The van der Waals surface area contributed by atoms with Gasteiger partial charge in [0, 0.05) is 0 Å². The van der Waals surface area contributed by atoms with Gasteiger partial charge in [-0.1, -0.05) is 35.4 Å². The Labute approximate surface area is 250 Å². The van der Waals surface area contributed by atoms with E-state index >= 15 is 0 Å². The van der Waals surface area contributed by atoms with E-state index in [9.17, 15) is 0 Å². The third-order valence-corrected chi connectivity index (χ3v) is 16.9. The van der Waals surface area contributed by atoms with Crippen molar-refractivity contribution in [2.75, 3.05) is 39.6 Å². The Balaban J connectivity index is 2.55. The highest BCUT2D eigenvalue weighted by Crippen LogP contribution is 2.80. The first kappa shape index (κ1) is 35.2. The summed E-state index contributed by atoms with van der Waals surface area (Å²) in [5, 5.41) is 0. The zero-order valence-electron chi connectivity index (χ0n) is 25.7. The van der Waals surface area contributed by atoms with Crippen LogP contribution in [0.2, 0.25) is 0 Å². The molecular weight excluding hydrogens is 620 g/mol. The summed E-state index contributed by atoms with van der Waals surface area (Å²) in [6, 6.07) is 15.0.